The number of benzene rings is 2. The van der Waals surface area contributed by atoms with Gasteiger partial charge in [-0.25, -0.2) is 4.39 Å². The molecule has 22 heavy (non-hydrogen) atoms. The summed E-state index contributed by atoms with van der Waals surface area (Å²) >= 11 is 6.22. The van der Waals surface area contributed by atoms with E-state index < -0.39 is 5.82 Å². The van der Waals surface area contributed by atoms with Crippen LogP contribution in [0.4, 0.5) is 10.1 Å². The smallest absolute Gasteiger partial charge is 0.146 e. The van der Waals surface area contributed by atoms with Crippen LogP contribution in [0.3, 0.4) is 0 Å². The van der Waals surface area contributed by atoms with E-state index in [-0.39, 0.29) is 12.6 Å². The van der Waals surface area contributed by atoms with Gasteiger partial charge in [0, 0.05) is 33.7 Å². The highest BCUT2D eigenvalue weighted by atomic mass is 35.5. The fraction of sp³-hybridized carbons (Fsp3) is 0.200. The van der Waals surface area contributed by atoms with Crippen LogP contribution in [0.1, 0.15) is 0 Å². The molecule has 1 aliphatic heterocycles. The molecule has 0 aliphatic carbocycles. The van der Waals surface area contributed by atoms with Crippen molar-refractivity contribution in [2.24, 2.45) is 5.11 Å². The van der Waals surface area contributed by atoms with E-state index in [4.69, 9.17) is 21.9 Å². The summed E-state index contributed by atoms with van der Waals surface area (Å²) in [7, 11) is 0. The molecule has 1 aliphatic rings. The molecule has 3 rings (SSSR count). The Bertz CT molecular complexity index is 761. The lowest BCUT2D eigenvalue weighted by molar-refractivity contribution is 0.285. The maximum atomic E-state index is 13.9. The molecule has 7 heteroatoms. The van der Waals surface area contributed by atoms with Gasteiger partial charge in [-0.15, -0.1) is 0 Å². The predicted octanol–water partition coefficient (Wildman–Crippen LogP) is 4.63. The Labute approximate surface area is 131 Å². The van der Waals surface area contributed by atoms with Crippen molar-refractivity contribution in [1.82, 2.24) is 0 Å². The van der Waals surface area contributed by atoms with Gasteiger partial charge in [0.05, 0.1) is 11.7 Å². The van der Waals surface area contributed by atoms with Crippen molar-refractivity contribution in [2.75, 3.05) is 18.5 Å². The second-order valence-electron chi connectivity index (χ2n) is 4.87. The van der Waals surface area contributed by atoms with Crippen molar-refractivity contribution >= 4 is 17.3 Å². The summed E-state index contributed by atoms with van der Waals surface area (Å²) in [6.07, 6.45) is 0. The van der Waals surface area contributed by atoms with Crippen LogP contribution in [0.2, 0.25) is 5.02 Å². The Balaban J connectivity index is 2.07. The highest BCUT2D eigenvalue weighted by Gasteiger charge is 2.23. The maximum Gasteiger partial charge on any atom is 0.146 e. The minimum atomic E-state index is -0.399. The molecule has 0 fully saturated rings. The van der Waals surface area contributed by atoms with E-state index in [0.29, 0.717) is 34.2 Å². The van der Waals surface area contributed by atoms with Crippen molar-refractivity contribution in [3.63, 3.8) is 0 Å². The number of hydrogen-bond donors (Lipinski definition) is 1. The summed E-state index contributed by atoms with van der Waals surface area (Å²) in [5.74, 6) is 0.0241. The van der Waals surface area contributed by atoms with Crippen molar-refractivity contribution in [3.05, 3.63) is 57.7 Å². The van der Waals surface area contributed by atoms with E-state index in [1.54, 1.807) is 6.07 Å². The van der Waals surface area contributed by atoms with Crippen LogP contribution in [0.5, 0.6) is 5.75 Å². The van der Waals surface area contributed by atoms with E-state index in [0.717, 1.165) is 0 Å². The molecule has 0 radical (unpaired) electrons. The van der Waals surface area contributed by atoms with Crippen LogP contribution >= 0.6 is 11.6 Å². The lowest BCUT2D eigenvalue weighted by Crippen LogP contribution is -2.34. The van der Waals surface area contributed by atoms with Crippen LogP contribution in [-0.2, 0) is 0 Å². The largest absolute Gasteiger partial charge is 0.489 e. The molecule has 0 bridgehead atoms. The molecule has 1 unspecified atom stereocenters. The summed E-state index contributed by atoms with van der Waals surface area (Å²) in [5.41, 5.74) is 10.4. The molecular weight excluding hydrogens is 307 g/mol. The van der Waals surface area contributed by atoms with Gasteiger partial charge in [-0.3, -0.25) is 0 Å². The van der Waals surface area contributed by atoms with E-state index in [9.17, 15) is 4.39 Å². The minimum absolute atomic E-state index is 0.171. The normalized spacial score (nSPS) is 16.0. The molecule has 2 aromatic carbocycles. The first kappa shape index (κ1) is 14.5. The van der Waals surface area contributed by atoms with Gasteiger partial charge in [0.2, 0.25) is 0 Å². The zero-order valence-corrected chi connectivity index (χ0v) is 12.2. The molecule has 2 aromatic rings. The third-order valence-electron chi connectivity index (χ3n) is 3.38. The van der Waals surface area contributed by atoms with Crippen LogP contribution in [-0.4, -0.2) is 19.2 Å². The second-order valence-corrected chi connectivity index (χ2v) is 5.28. The van der Waals surface area contributed by atoms with Crippen LogP contribution in [0, 0.1) is 5.82 Å². The molecule has 0 saturated heterocycles. The highest BCUT2D eigenvalue weighted by Crippen LogP contribution is 2.41. The van der Waals surface area contributed by atoms with Crippen molar-refractivity contribution in [3.8, 4) is 16.9 Å². The van der Waals surface area contributed by atoms with Gasteiger partial charge < -0.3 is 10.1 Å². The van der Waals surface area contributed by atoms with E-state index in [1.165, 1.54) is 12.1 Å². The lowest BCUT2D eigenvalue weighted by atomic mass is 10.0. The zero-order valence-electron chi connectivity index (χ0n) is 11.5. The number of anilines is 1. The number of halogens is 2. The first-order chi connectivity index (χ1) is 10.7. The van der Waals surface area contributed by atoms with Gasteiger partial charge in [0.15, 0.2) is 0 Å². The van der Waals surface area contributed by atoms with Gasteiger partial charge in [-0.2, -0.15) is 0 Å². The van der Waals surface area contributed by atoms with Gasteiger partial charge in [-0.1, -0.05) is 34.9 Å². The Morgan fingerprint density at radius 2 is 2.18 bits per heavy atom. The SMILES string of the molecule is [N-]=[N+]=NCC1COc2cc(F)cc(-c3ccccc3Cl)c2N1. The Morgan fingerprint density at radius 1 is 1.36 bits per heavy atom. The molecule has 0 spiro atoms. The number of nitrogens with one attached hydrogen (secondary N) is 1. The molecule has 1 heterocycles. The van der Waals surface area contributed by atoms with Gasteiger partial charge in [-0.05, 0) is 17.7 Å². The van der Waals surface area contributed by atoms with Gasteiger partial charge in [0.1, 0.15) is 18.2 Å². The quantitative estimate of drug-likeness (QED) is 0.509. The number of nitrogens with zero attached hydrogens (tertiary/aromatic N) is 3. The molecule has 112 valence electrons. The highest BCUT2D eigenvalue weighted by molar-refractivity contribution is 6.33. The summed E-state index contributed by atoms with van der Waals surface area (Å²) in [6, 6.07) is 9.77. The lowest BCUT2D eigenvalue weighted by Gasteiger charge is -2.28. The van der Waals surface area contributed by atoms with Crippen LogP contribution in [0.15, 0.2) is 41.5 Å². The van der Waals surface area contributed by atoms with E-state index in [1.807, 2.05) is 18.2 Å². The molecule has 0 aromatic heterocycles. The summed E-state index contributed by atoms with van der Waals surface area (Å²) in [4.78, 5) is 2.74. The Kier molecular flexibility index (Phi) is 4.04. The van der Waals surface area contributed by atoms with Crippen molar-refractivity contribution in [1.29, 1.82) is 0 Å². The molecule has 0 saturated carbocycles. The van der Waals surface area contributed by atoms with Gasteiger partial charge in [0.25, 0.3) is 0 Å². The van der Waals surface area contributed by atoms with Crippen molar-refractivity contribution < 1.29 is 9.13 Å². The number of rotatable bonds is 3. The average Bonchev–Trinajstić information content (AvgIpc) is 2.53. The zero-order chi connectivity index (χ0) is 15.5. The minimum Gasteiger partial charge on any atom is -0.489 e. The summed E-state index contributed by atoms with van der Waals surface area (Å²) in [5, 5.41) is 7.30. The predicted molar refractivity (Wildman–Crippen MR) is 83.8 cm³/mol. The number of fused-ring (bicyclic) bond motifs is 1. The molecule has 1 N–H and O–H groups in total. The molecular formula is C15H12ClFN4O. The Morgan fingerprint density at radius 3 is 2.95 bits per heavy atom. The molecule has 5 nitrogen and oxygen atoms in total. The third-order valence-corrected chi connectivity index (χ3v) is 3.71. The number of hydrogen-bond acceptors (Lipinski definition) is 3. The van der Waals surface area contributed by atoms with Crippen LogP contribution in [0.25, 0.3) is 21.6 Å². The maximum absolute atomic E-state index is 13.9. The summed E-state index contributed by atoms with van der Waals surface area (Å²) in [6.45, 7) is 0.548. The van der Waals surface area contributed by atoms with Crippen molar-refractivity contribution in [2.45, 2.75) is 6.04 Å². The fourth-order valence-corrected chi connectivity index (χ4v) is 2.64. The monoisotopic (exact) mass is 318 g/mol. The first-order valence-corrected chi connectivity index (χ1v) is 7.05. The van der Waals surface area contributed by atoms with E-state index in [2.05, 4.69) is 15.3 Å². The number of ether oxygens (including phenoxy) is 1. The first-order valence-electron chi connectivity index (χ1n) is 6.67. The second kappa shape index (κ2) is 6.13. The van der Waals surface area contributed by atoms with Crippen LogP contribution < -0.4 is 10.1 Å². The Hall–Kier alpha value is -2.43. The molecule has 1 atom stereocenters. The topological polar surface area (TPSA) is 70.0 Å². The van der Waals surface area contributed by atoms with E-state index >= 15 is 0 Å². The average molecular weight is 319 g/mol. The number of azide groups is 1. The fourth-order valence-electron chi connectivity index (χ4n) is 2.41. The third kappa shape index (κ3) is 2.79. The standard InChI is InChI=1S/C15H12ClFN4O/c16-13-4-2-1-3-11(13)12-5-9(17)6-14-15(12)20-10(8-22-14)7-19-21-18/h1-6,10,20H,7-8H2. The van der Waals surface area contributed by atoms with Gasteiger partial charge >= 0.3 is 0 Å². The summed E-state index contributed by atoms with van der Waals surface area (Å²) < 4.78 is 19.4. The molecule has 0 amide bonds.